The van der Waals surface area contributed by atoms with Crippen LogP contribution in [-0.4, -0.2) is 31.6 Å². The third kappa shape index (κ3) is 3.10. The molecular weight excluding hydrogens is 248 g/mol. The molecule has 0 aromatic heterocycles. The summed E-state index contributed by atoms with van der Waals surface area (Å²) in [5.74, 6) is 0.504. The maximum atomic E-state index is 11.9. The zero-order valence-corrected chi connectivity index (χ0v) is 11.5. The molecule has 5 heteroatoms. The molecule has 0 saturated carbocycles. The van der Waals surface area contributed by atoms with Gasteiger partial charge < -0.3 is 5.73 Å². The van der Waals surface area contributed by atoms with Gasteiger partial charge >= 0.3 is 0 Å². The van der Waals surface area contributed by atoms with E-state index < -0.39 is 10.0 Å². The highest BCUT2D eigenvalue weighted by Gasteiger charge is 2.33. The SMILES string of the molecule is CC1CN(Cc2ccc(CCN)cc2)S(=O)(=O)C1. The Morgan fingerprint density at radius 3 is 2.39 bits per heavy atom. The molecule has 1 saturated heterocycles. The van der Waals surface area contributed by atoms with Crippen LogP contribution < -0.4 is 5.73 Å². The van der Waals surface area contributed by atoms with Crippen molar-refractivity contribution in [2.24, 2.45) is 11.7 Å². The van der Waals surface area contributed by atoms with Crippen LogP contribution in [0.2, 0.25) is 0 Å². The van der Waals surface area contributed by atoms with E-state index in [1.807, 2.05) is 31.2 Å². The Morgan fingerprint density at radius 2 is 1.89 bits per heavy atom. The van der Waals surface area contributed by atoms with E-state index in [0.717, 1.165) is 12.0 Å². The summed E-state index contributed by atoms with van der Waals surface area (Å²) in [6.07, 6.45) is 0.860. The number of rotatable bonds is 4. The number of benzene rings is 1. The predicted molar refractivity (Wildman–Crippen MR) is 72.6 cm³/mol. The van der Waals surface area contributed by atoms with Crippen molar-refractivity contribution < 1.29 is 8.42 Å². The van der Waals surface area contributed by atoms with Crippen LogP contribution in [0, 0.1) is 5.92 Å². The molecule has 1 aliphatic rings. The van der Waals surface area contributed by atoms with Crippen LogP contribution >= 0.6 is 0 Å². The Labute approximate surface area is 109 Å². The van der Waals surface area contributed by atoms with Crippen molar-refractivity contribution >= 4 is 10.0 Å². The van der Waals surface area contributed by atoms with Crippen LogP contribution in [0.4, 0.5) is 0 Å². The molecule has 0 spiro atoms. The van der Waals surface area contributed by atoms with Gasteiger partial charge in [0.05, 0.1) is 5.75 Å². The molecule has 18 heavy (non-hydrogen) atoms. The molecule has 100 valence electrons. The van der Waals surface area contributed by atoms with Crippen molar-refractivity contribution in [1.29, 1.82) is 0 Å². The number of nitrogens with two attached hydrogens (primary N) is 1. The quantitative estimate of drug-likeness (QED) is 0.885. The molecule has 0 aliphatic carbocycles. The summed E-state index contributed by atoms with van der Waals surface area (Å²) < 4.78 is 25.3. The van der Waals surface area contributed by atoms with Gasteiger partial charge in [0.15, 0.2) is 0 Å². The van der Waals surface area contributed by atoms with Gasteiger partial charge in [0.2, 0.25) is 10.0 Å². The highest BCUT2D eigenvalue weighted by molar-refractivity contribution is 7.89. The Balaban J connectivity index is 2.05. The lowest BCUT2D eigenvalue weighted by Gasteiger charge is -2.14. The molecule has 4 nitrogen and oxygen atoms in total. The average molecular weight is 268 g/mol. The van der Waals surface area contributed by atoms with Crippen LogP contribution in [0.5, 0.6) is 0 Å². The van der Waals surface area contributed by atoms with Crippen LogP contribution in [0.25, 0.3) is 0 Å². The minimum Gasteiger partial charge on any atom is -0.330 e. The van der Waals surface area contributed by atoms with Gasteiger partial charge in [-0.1, -0.05) is 31.2 Å². The summed E-state index contributed by atoms with van der Waals surface area (Å²) >= 11 is 0. The lowest BCUT2D eigenvalue weighted by atomic mass is 10.1. The topological polar surface area (TPSA) is 63.4 Å². The smallest absolute Gasteiger partial charge is 0.214 e. The Kier molecular flexibility index (Phi) is 4.04. The van der Waals surface area contributed by atoms with Crippen molar-refractivity contribution in [2.75, 3.05) is 18.8 Å². The Hall–Kier alpha value is -0.910. The van der Waals surface area contributed by atoms with Gasteiger partial charge in [-0.2, -0.15) is 4.31 Å². The molecule has 1 aromatic rings. The van der Waals surface area contributed by atoms with Gasteiger partial charge in [-0.15, -0.1) is 0 Å². The second kappa shape index (κ2) is 5.38. The van der Waals surface area contributed by atoms with E-state index in [0.29, 0.717) is 19.6 Å². The second-order valence-corrected chi connectivity index (χ2v) is 7.04. The zero-order valence-electron chi connectivity index (χ0n) is 10.7. The first-order valence-corrected chi connectivity index (χ1v) is 7.88. The van der Waals surface area contributed by atoms with Gasteiger partial charge in [-0.3, -0.25) is 0 Å². The lowest BCUT2D eigenvalue weighted by molar-refractivity contribution is 0.409. The van der Waals surface area contributed by atoms with E-state index in [4.69, 9.17) is 5.73 Å². The van der Waals surface area contributed by atoms with Crippen molar-refractivity contribution in [3.8, 4) is 0 Å². The highest BCUT2D eigenvalue weighted by Crippen LogP contribution is 2.21. The standard InChI is InChI=1S/C13H20N2O2S/c1-11-8-15(18(16,17)10-11)9-13-4-2-12(3-5-13)6-7-14/h2-5,11H,6-10,14H2,1H3. The summed E-state index contributed by atoms with van der Waals surface area (Å²) in [5.41, 5.74) is 7.72. The minimum atomic E-state index is -3.04. The number of nitrogens with zero attached hydrogens (tertiary/aromatic N) is 1. The molecule has 1 fully saturated rings. The van der Waals surface area contributed by atoms with E-state index in [9.17, 15) is 8.42 Å². The van der Waals surface area contributed by atoms with Crippen LogP contribution in [0.15, 0.2) is 24.3 Å². The van der Waals surface area contributed by atoms with Crippen LogP contribution in [0.3, 0.4) is 0 Å². The number of hydrogen-bond donors (Lipinski definition) is 1. The molecule has 1 atom stereocenters. The van der Waals surface area contributed by atoms with Crippen molar-refractivity contribution in [3.63, 3.8) is 0 Å². The number of hydrogen-bond acceptors (Lipinski definition) is 3. The lowest BCUT2D eigenvalue weighted by Crippen LogP contribution is -2.25. The molecule has 0 radical (unpaired) electrons. The maximum absolute atomic E-state index is 11.9. The molecule has 0 bridgehead atoms. The second-order valence-electron chi connectivity index (χ2n) is 5.03. The zero-order chi connectivity index (χ0) is 13.2. The highest BCUT2D eigenvalue weighted by atomic mass is 32.2. The van der Waals surface area contributed by atoms with E-state index in [-0.39, 0.29) is 11.7 Å². The molecule has 1 aliphatic heterocycles. The average Bonchev–Trinajstić information content (AvgIpc) is 2.55. The fourth-order valence-corrected chi connectivity index (χ4v) is 4.19. The first-order valence-electron chi connectivity index (χ1n) is 6.27. The molecule has 0 amide bonds. The maximum Gasteiger partial charge on any atom is 0.214 e. The fourth-order valence-electron chi connectivity index (χ4n) is 2.32. The predicted octanol–water partition coefficient (Wildman–Crippen LogP) is 0.969. The van der Waals surface area contributed by atoms with Crippen molar-refractivity contribution in [2.45, 2.75) is 19.9 Å². The normalized spacial score (nSPS) is 23.3. The van der Waals surface area contributed by atoms with Crippen LogP contribution in [-0.2, 0) is 23.0 Å². The summed E-state index contributed by atoms with van der Waals surface area (Å²) in [4.78, 5) is 0. The van der Waals surface area contributed by atoms with Gasteiger partial charge in [0.25, 0.3) is 0 Å². The molecule has 2 rings (SSSR count). The first-order chi connectivity index (χ1) is 8.51. The van der Waals surface area contributed by atoms with Crippen LogP contribution in [0.1, 0.15) is 18.1 Å². The molecule has 1 unspecified atom stereocenters. The van der Waals surface area contributed by atoms with Gasteiger partial charge in [-0.05, 0) is 30.0 Å². The molecular formula is C13H20N2O2S. The number of sulfonamides is 1. The van der Waals surface area contributed by atoms with Crippen molar-refractivity contribution in [3.05, 3.63) is 35.4 Å². The van der Waals surface area contributed by atoms with Gasteiger partial charge in [0.1, 0.15) is 0 Å². The third-order valence-electron chi connectivity index (χ3n) is 3.22. The largest absolute Gasteiger partial charge is 0.330 e. The van der Waals surface area contributed by atoms with Gasteiger partial charge in [0, 0.05) is 13.1 Å². The summed E-state index contributed by atoms with van der Waals surface area (Å²) in [6.45, 7) is 3.72. The summed E-state index contributed by atoms with van der Waals surface area (Å²) in [6, 6.07) is 8.02. The monoisotopic (exact) mass is 268 g/mol. The molecule has 1 heterocycles. The Morgan fingerprint density at radius 1 is 1.28 bits per heavy atom. The van der Waals surface area contributed by atoms with E-state index in [1.54, 1.807) is 4.31 Å². The van der Waals surface area contributed by atoms with Gasteiger partial charge in [-0.25, -0.2) is 8.42 Å². The minimum absolute atomic E-state index is 0.228. The van der Waals surface area contributed by atoms with E-state index >= 15 is 0 Å². The molecule has 2 N–H and O–H groups in total. The van der Waals surface area contributed by atoms with Crippen molar-refractivity contribution in [1.82, 2.24) is 4.31 Å². The first kappa shape index (κ1) is 13.5. The molecule has 1 aromatic carbocycles. The Bertz CT molecular complexity index is 496. The van der Waals surface area contributed by atoms with E-state index in [1.165, 1.54) is 5.56 Å². The third-order valence-corrected chi connectivity index (χ3v) is 5.27. The van der Waals surface area contributed by atoms with E-state index in [2.05, 4.69) is 0 Å². The summed E-state index contributed by atoms with van der Waals surface area (Å²) in [5, 5.41) is 0. The summed E-state index contributed by atoms with van der Waals surface area (Å²) in [7, 11) is -3.04. The fraction of sp³-hybridized carbons (Fsp3) is 0.538.